The average Bonchev–Trinajstić information content (AvgIpc) is 2.79. The zero-order valence-corrected chi connectivity index (χ0v) is 12.4. The molecule has 0 heterocycles. The van der Waals surface area contributed by atoms with E-state index in [1.807, 2.05) is 18.2 Å². The van der Waals surface area contributed by atoms with E-state index in [1.54, 1.807) is 0 Å². The Bertz CT molecular complexity index is 444. The lowest BCUT2D eigenvalue weighted by Gasteiger charge is -2.31. The van der Waals surface area contributed by atoms with Crippen molar-refractivity contribution in [3.63, 3.8) is 0 Å². The van der Waals surface area contributed by atoms with Crippen LogP contribution in [0.2, 0.25) is 0 Å². The van der Waals surface area contributed by atoms with E-state index in [1.165, 1.54) is 12.8 Å². The van der Waals surface area contributed by atoms with E-state index < -0.39 is 0 Å². The van der Waals surface area contributed by atoms with Gasteiger partial charge in [0.1, 0.15) is 0 Å². The molecule has 0 aliphatic heterocycles. The summed E-state index contributed by atoms with van der Waals surface area (Å²) in [5, 5.41) is 0. The van der Waals surface area contributed by atoms with Gasteiger partial charge in [-0.2, -0.15) is 0 Å². The van der Waals surface area contributed by atoms with E-state index in [-0.39, 0.29) is 12.5 Å². The highest BCUT2D eigenvalue weighted by Gasteiger charge is 2.25. The number of carbonyl (C=O) groups excluding carboxylic acids is 1. The minimum absolute atomic E-state index is 0.245. The zero-order valence-electron chi connectivity index (χ0n) is 10.2. The van der Waals surface area contributed by atoms with Gasteiger partial charge in [-0.15, -0.1) is 0 Å². The molecular weight excluding hydrogens is 341 g/mol. The largest absolute Gasteiger partial charge is 0.397 e. The van der Waals surface area contributed by atoms with Gasteiger partial charge in [-0.3, -0.25) is 4.79 Å². The lowest BCUT2D eigenvalue weighted by atomic mass is 10.1. The van der Waals surface area contributed by atoms with E-state index in [9.17, 15) is 4.79 Å². The summed E-state index contributed by atoms with van der Waals surface area (Å²) in [6, 6.07) is 6.31. The Balaban J connectivity index is 2.29. The lowest BCUT2D eigenvalue weighted by molar-refractivity contribution is -0.116. The van der Waals surface area contributed by atoms with Crippen molar-refractivity contribution in [3.8, 4) is 0 Å². The molecule has 0 atom stereocenters. The highest BCUT2D eigenvalue weighted by molar-refractivity contribution is 14.1. The summed E-state index contributed by atoms with van der Waals surface area (Å²) in [6.07, 6.45) is 4.64. The number of carbonyl (C=O) groups is 1. The first-order valence-electron chi connectivity index (χ1n) is 6.18. The topological polar surface area (TPSA) is 72.4 Å². The smallest absolute Gasteiger partial charge is 0.236 e. The Kier molecular flexibility index (Phi) is 4.31. The third-order valence-corrected chi connectivity index (χ3v) is 4.06. The number of anilines is 2. The van der Waals surface area contributed by atoms with Crippen molar-refractivity contribution >= 4 is 39.9 Å². The summed E-state index contributed by atoms with van der Waals surface area (Å²) in [7, 11) is 0. The van der Waals surface area contributed by atoms with Crippen LogP contribution in [0, 0.1) is 3.57 Å². The number of halogens is 1. The summed E-state index contributed by atoms with van der Waals surface area (Å²) in [5.41, 5.74) is 13.1. The number of hydrogen-bond donors (Lipinski definition) is 2. The summed E-state index contributed by atoms with van der Waals surface area (Å²) in [4.78, 5) is 13.3. The third-order valence-electron chi connectivity index (χ3n) is 3.39. The first kappa shape index (κ1) is 13.5. The molecule has 1 fully saturated rings. The maximum absolute atomic E-state index is 11.3. The average molecular weight is 359 g/mol. The van der Waals surface area contributed by atoms with Gasteiger partial charge in [-0.05, 0) is 53.6 Å². The molecule has 1 aromatic rings. The number of nitrogen functional groups attached to an aromatic ring is 1. The number of benzene rings is 1. The molecule has 0 unspecified atom stereocenters. The van der Waals surface area contributed by atoms with Crippen LogP contribution in [0.4, 0.5) is 11.4 Å². The summed E-state index contributed by atoms with van der Waals surface area (Å²) in [6.45, 7) is 0.245. The fraction of sp³-hybridized carbons (Fsp3) is 0.462. The Hall–Kier alpha value is -0.980. The highest BCUT2D eigenvalue weighted by Crippen LogP contribution is 2.32. The molecule has 0 radical (unpaired) electrons. The molecule has 0 aromatic heterocycles. The van der Waals surface area contributed by atoms with Crippen molar-refractivity contribution in [2.45, 2.75) is 31.7 Å². The molecule has 4 nitrogen and oxygen atoms in total. The molecule has 5 heteroatoms. The minimum Gasteiger partial charge on any atom is -0.397 e. The number of hydrogen-bond acceptors (Lipinski definition) is 3. The van der Waals surface area contributed by atoms with Crippen LogP contribution in [0.3, 0.4) is 0 Å². The van der Waals surface area contributed by atoms with Crippen molar-refractivity contribution in [3.05, 3.63) is 21.8 Å². The van der Waals surface area contributed by atoms with Gasteiger partial charge in [0.25, 0.3) is 0 Å². The quantitative estimate of drug-likeness (QED) is 0.639. The Morgan fingerprint density at radius 2 is 2.06 bits per heavy atom. The molecule has 98 valence electrons. The zero-order chi connectivity index (χ0) is 13.1. The van der Waals surface area contributed by atoms with Crippen LogP contribution < -0.4 is 16.4 Å². The van der Waals surface area contributed by atoms with E-state index in [2.05, 4.69) is 27.5 Å². The molecule has 0 spiro atoms. The summed E-state index contributed by atoms with van der Waals surface area (Å²) >= 11 is 2.23. The maximum atomic E-state index is 11.3. The Labute approximate surface area is 121 Å². The molecule has 2 rings (SSSR count). The lowest BCUT2D eigenvalue weighted by Crippen LogP contribution is -2.40. The van der Waals surface area contributed by atoms with E-state index in [0.29, 0.717) is 6.04 Å². The number of primary amides is 1. The van der Waals surface area contributed by atoms with Crippen molar-refractivity contribution in [2.75, 3.05) is 17.2 Å². The fourth-order valence-electron chi connectivity index (χ4n) is 2.58. The van der Waals surface area contributed by atoms with Gasteiger partial charge >= 0.3 is 0 Å². The molecule has 0 saturated heterocycles. The van der Waals surface area contributed by atoms with Crippen LogP contribution in [-0.4, -0.2) is 18.5 Å². The van der Waals surface area contributed by atoms with Gasteiger partial charge in [0.2, 0.25) is 5.91 Å². The van der Waals surface area contributed by atoms with Crippen LogP contribution in [0.25, 0.3) is 0 Å². The number of nitrogens with zero attached hydrogens (tertiary/aromatic N) is 1. The van der Waals surface area contributed by atoms with Crippen molar-refractivity contribution in [1.29, 1.82) is 0 Å². The monoisotopic (exact) mass is 359 g/mol. The molecule has 1 aromatic carbocycles. The van der Waals surface area contributed by atoms with E-state index >= 15 is 0 Å². The Morgan fingerprint density at radius 1 is 1.39 bits per heavy atom. The second kappa shape index (κ2) is 5.77. The minimum atomic E-state index is -0.306. The van der Waals surface area contributed by atoms with Crippen LogP contribution in [0.1, 0.15) is 25.7 Å². The summed E-state index contributed by atoms with van der Waals surface area (Å²) < 4.78 is 1.10. The fourth-order valence-corrected chi connectivity index (χ4v) is 3.10. The van der Waals surface area contributed by atoms with Gasteiger partial charge in [0, 0.05) is 9.61 Å². The van der Waals surface area contributed by atoms with E-state index in [0.717, 1.165) is 27.8 Å². The van der Waals surface area contributed by atoms with E-state index in [4.69, 9.17) is 11.5 Å². The van der Waals surface area contributed by atoms with Crippen molar-refractivity contribution < 1.29 is 4.79 Å². The third kappa shape index (κ3) is 3.07. The molecule has 1 aliphatic carbocycles. The van der Waals surface area contributed by atoms with Crippen molar-refractivity contribution in [2.24, 2.45) is 5.73 Å². The molecule has 18 heavy (non-hydrogen) atoms. The molecule has 0 bridgehead atoms. The van der Waals surface area contributed by atoms with Gasteiger partial charge in [0.15, 0.2) is 0 Å². The Morgan fingerprint density at radius 3 is 2.61 bits per heavy atom. The molecule has 1 saturated carbocycles. The predicted octanol–water partition coefficient (Wildman–Crippen LogP) is 2.11. The van der Waals surface area contributed by atoms with Gasteiger partial charge < -0.3 is 16.4 Å². The number of rotatable bonds is 4. The molecule has 1 amide bonds. The van der Waals surface area contributed by atoms with Crippen LogP contribution in [0.15, 0.2) is 18.2 Å². The SMILES string of the molecule is NC(=O)CN(c1ccc(I)cc1N)C1CCCC1. The molecule has 4 N–H and O–H groups in total. The maximum Gasteiger partial charge on any atom is 0.236 e. The second-order valence-corrected chi connectivity index (χ2v) is 5.98. The predicted molar refractivity (Wildman–Crippen MR) is 82.4 cm³/mol. The first-order chi connectivity index (χ1) is 8.58. The normalized spacial score (nSPS) is 15.8. The highest BCUT2D eigenvalue weighted by atomic mass is 127. The number of nitrogens with two attached hydrogens (primary N) is 2. The molecular formula is C13H18IN3O. The number of amides is 1. The van der Waals surface area contributed by atoms with Crippen LogP contribution in [0.5, 0.6) is 0 Å². The van der Waals surface area contributed by atoms with Crippen molar-refractivity contribution in [1.82, 2.24) is 0 Å². The first-order valence-corrected chi connectivity index (χ1v) is 7.26. The van der Waals surface area contributed by atoms with Crippen LogP contribution in [-0.2, 0) is 4.79 Å². The second-order valence-electron chi connectivity index (χ2n) is 4.74. The van der Waals surface area contributed by atoms with Gasteiger partial charge in [-0.1, -0.05) is 12.8 Å². The van der Waals surface area contributed by atoms with Crippen LogP contribution >= 0.6 is 22.6 Å². The standard InChI is InChI=1S/C13H18IN3O/c14-9-5-6-12(11(15)7-9)17(8-13(16)18)10-3-1-2-4-10/h5-7,10H,1-4,8,15H2,(H2,16,18). The summed E-state index contributed by atoms with van der Waals surface area (Å²) in [5.74, 6) is -0.306. The molecule has 1 aliphatic rings. The van der Waals surface area contributed by atoms with Gasteiger partial charge in [0.05, 0.1) is 17.9 Å². The van der Waals surface area contributed by atoms with Gasteiger partial charge in [-0.25, -0.2) is 0 Å².